The molecular weight excluding hydrogens is 295 g/mol. The lowest BCUT2D eigenvalue weighted by Crippen LogP contribution is -2.50. The monoisotopic (exact) mass is 314 g/mol. The Hall–Kier alpha value is -2.40. The summed E-state index contributed by atoms with van der Waals surface area (Å²) < 4.78 is 19.4. The molecule has 5 heteroatoms. The van der Waals surface area contributed by atoms with Crippen molar-refractivity contribution in [1.29, 1.82) is 0 Å². The molecule has 0 heterocycles. The average Bonchev–Trinajstić information content (AvgIpc) is 2.53. The number of ether oxygens (including phenoxy) is 1. The number of nitrogens with one attached hydrogen (secondary N) is 1. The first-order valence-corrected chi connectivity index (χ1v) is 7.57. The number of methoxy groups -OCH3 is 1. The predicted octanol–water partition coefficient (Wildman–Crippen LogP) is 2.72. The molecule has 23 heavy (non-hydrogen) atoms. The molecule has 2 aromatic carbocycles. The molecule has 2 aromatic rings. The number of carbonyl (C=O) groups excluding carboxylic acids is 1. The minimum absolute atomic E-state index is 0.0539. The average molecular weight is 314 g/mol. The molecule has 0 unspecified atom stereocenters. The summed E-state index contributed by atoms with van der Waals surface area (Å²) in [6.45, 7) is 0. The number of amides is 1. The fraction of sp³-hybridized carbons (Fsp3) is 0.278. The van der Waals surface area contributed by atoms with Gasteiger partial charge < -0.3 is 15.8 Å². The zero-order valence-corrected chi connectivity index (χ0v) is 12.9. The SMILES string of the molecule is COc1ccc(-c2ccc(C(=O)NC3CC(N)C3)c(F)c2)cc1. The molecule has 0 aliphatic heterocycles. The van der Waals surface area contributed by atoms with E-state index in [2.05, 4.69) is 5.32 Å². The van der Waals surface area contributed by atoms with Gasteiger partial charge in [0.2, 0.25) is 0 Å². The van der Waals surface area contributed by atoms with Crippen LogP contribution in [0.1, 0.15) is 23.2 Å². The Morgan fingerprint density at radius 1 is 1.17 bits per heavy atom. The molecule has 3 N–H and O–H groups in total. The van der Waals surface area contributed by atoms with Gasteiger partial charge in [-0.3, -0.25) is 4.79 Å². The van der Waals surface area contributed by atoms with Crippen LogP contribution < -0.4 is 15.8 Å². The van der Waals surface area contributed by atoms with Crippen LogP contribution >= 0.6 is 0 Å². The largest absolute Gasteiger partial charge is 0.497 e. The molecule has 0 atom stereocenters. The van der Waals surface area contributed by atoms with Gasteiger partial charge in [0.25, 0.3) is 5.91 Å². The van der Waals surface area contributed by atoms with Gasteiger partial charge in [-0.25, -0.2) is 4.39 Å². The third-order valence-electron chi connectivity index (χ3n) is 4.15. The van der Waals surface area contributed by atoms with Gasteiger partial charge in [-0.05, 0) is 48.2 Å². The van der Waals surface area contributed by atoms with E-state index >= 15 is 0 Å². The first-order chi connectivity index (χ1) is 11.1. The molecule has 1 amide bonds. The summed E-state index contributed by atoms with van der Waals surface area (Å²) in [5.74, 6) is -0.177. The Morgan fingerprint density at radius 2 is 1.83 bits per heavy atom. The smallest absolute Gasteiger partial charge is 0.254 e. The van der Waals surface area contributed by atoms with Crippen molar-refractivity contribution in [3.8, 4) is 16.9 Å². The van der Waals surface area contributed by atoms with E-state index in [-0.39, 0.29) is 23.6 Å². The van der Waals surface area contributed by atoms with Gasteiger partial charge in [-0.2, -0.15) is 0 Å². The second-order valence-electron chi connectivity index (χ2n) is 5.82. The van der Waals surface area contributed by atoms with Crippen molar-refractivity contribution in [3.05, 3.63) is 53.8 Å². The normalized spacial score (nSPS) is 19.8. The number of hydrogen-bond acceptors (Lipinski definition) is 3. The van der Waals surface area contributed by atoms with E-state index in [1.54, 1.807) is 13.2 Å². The highest BCUT2D eigenvalue weighted by molar-refractivity contribution is 5.95. The lowest BCUT2D eigenvalue weighted by molar-refractivity contribution is 0.0906. The molecule has 0 bridgehead atoms. The first kappa shape index (κ1) is 15.5. The lowest BCUT2D eigenvalue weighted by Gasteiger charge is -2.32. The zero-order chi connectivity index (χ0) is 16.4. The predicted molar refractivity (Wildman–Crippen MR) is 86.9 cm³/mol. The minimum Gasteiger partial charge on any atom is -0.497 e. The Kier molecular flexibility index (Phi) is 4.30. The zero-order valence-electron chi connectivity index (χ0n) is 12.9. The van der Waals surface area contributed by atoms with Gasteiger partial charge >= 0.3 is 0 Å². The summed E-state index contributed by atoms with van der Waals surface area (Å²) in [5, 5.41) is 2.80. The number of nitrogens with two attached hydrogens (primary N) is 1. The summed E-state index contributed by atoms with van der Waals surface area (Å²) in [7, 11) is 1.59. The molecule has 4 nitrogen and oxygen atoms in total. The standard InChI is InChI=1S/C18H19FN2O2/c1-23-15-5-2-11(3-6-15)12-4-7-16(17(19)8-12)18(22)21-14-9-13(20)10-14/h2-8,13-14H,9-10,20H2,1H3,(H,21,22). The second-order valence-corrected chi connectivity index (χ2v) is 5.82. The van der Waals surface area contributed by atoms with Crippen LogP contribution in [0.5, 0.6) is 5.75 Å². The summed E-state index contributed by atoms with van der Waals surface area (Å²) in [4.78, 5) is 12.1. The molecule has 0 aromatic heterocycles. The Balaban J connectivity index is 1.75. The molecule has 0 spiro atoms. The maximum atomic E-state index is 14.3. The van der Waals surface area contributed by atoms with E-state index in [4.69, 9.17) is 10.5 Å². The molecule has 0 saturated heterocycles. The van der Waals surface area contributed by atoms with Crippen LogP contribution in [0.2, 0.25) is 0 Å². The maximum Gasteiger partial charge on any atom is 0.254 e. The number of rotatable bonds is 4. The second kappa shape index (κ2) is 6.38. The highest BCUT2D eigenvalue weighted by Gasteiger charge is 2.28. The van der Waals surface area contributed by atoms with Crippen LogP contribution in [-0.4, -0.2) is 25.1 Å². The number of benzene rings is 2. The molecule has 0 radical (unpaired) electrons. The van der Waals surface area contributed by atoms with E-state index in [0.717, 1.165) is 24.2 Å². The van der Waals surface area contributed by atoms with Crippen LogP contribution in [0.25, 0.3) is 11.1 Å². The molecule has 1 aliphatic rings. The summed E-state index contributed by atoms with van der Waals surface area (Å²) in [5.41, 5.74) is 7.32. The number of carbonyl (C=O) groups is 1. The van der Waals surface area contributed by atoms with Crippen LogP contribution in [0.15, 0.2) is 42.5 Å². The minimum atomic E-state index is -0.528. The first-order valence-electron chi connectivity index (χ1n) is 7.57. The summed E-state index contributed by atoms with van der Waals surface area (Å²) in [6, 6.07) is 12.2. The van der Waals surface area contributed by atoms with Crippen LogP contribution in [0.3, 0.4) is 0 Å². The van der Waals surface area contributed by atoms with Crippen molar-refractivity contribution in [1.82, 2.24) is 5.32 Å². The fourth-order valence-corrected chi connectivity index (χ4v) is 2.71. The van der Waals surface area contributed by atoms with Gasteiger partial charge in [0.15, 0.2) is 0 Å². The highest BCUT2D eigenvalue weighted by atomic mass is 19.1. The molecule has 120 valence electrons. The number of halogens is 1. The Morgan fingerprint density at radius 3 is 2.39 bits per heavy atom. The molecular formula is C18H19FN2O2. The summed E-state index contributed by atoms with van der Waals surface area (Å²) in [6.07, 6.45) is 1.49. The Bertz CT molecular complexity index is 709. The number of hydrogen-bond donors (Lipinski definition) is 2. The molecule has 1 aliphatic carbocycles. The van der Waals surface area contributed by atoms with Crippen molar-refractivity contribution in [2.24, 2.45) is 5.73 Å². The van der Waals surface area contributed by atoms with Crippen LogP contribution in [0, 0.1) is 5.82 Å². The lowest BCUT2D eigenvalue weighted by atomic mass is 9.87. The van der Waals surface area contributed by atoms with Crippen molar-refractivity contribution in [2.75, 3.05) is 7.11 Å². The van der Waals surface area contributed by atoms with Crippen molar-refractivity contribution < 1.29 is 13.9 Å². The van der Waals surface area contributed by atoms with E-state index in [1.165, 1.54) is 12.1 Å². The third-order valence-corrected chi connectivity index (χ3v) is 4.15. The van der Waals surface area contributed by atoms with Gasteiger partial charge in [0.1, 0.15) is 11.6 Å². The Labute approximate surface area is 134 Å². The van der Waals surface area contributed by atoms with Crippen molar-refractivity contribution in [3.63, 3.8) is 0 Å². The van der Waals surface area contributed by atoms with Crippen molar-refractivity contribution in [2.45, 2.75) is 24.9 Å². The highest BCUT2D eigenvalue weighted by Crippen LogP contribution is 2.25. The van der Waals surface area contributed by atoms with Gasteiger partial charge in [0, 0.05) is 12.1 Å². The van der Waals surface area contributed by atoms with Gasteiger partial charge in [-0.1, -0.05) is 18.2 Å². The summed E-state index contributed by atoms with van der Waals surface area (Å²) >= 11 is 0. The topological polar surface area (TPSA) is 64.3 Å². The van der Waals surface area contributed by atoms with Gasteiger partial charge in [0.05, 0.1) is 12.7 Å². The van der Waals surface area contributed by atoms with E-state index in [1.807, 2.05) is 24.3 Å². The fourth-order valence-electron chi connectivity index (χ4n) is 2.71. The third kappa shape index (κ3) is 3.35. The van der Waals surface area contributed by atoms with Crippen LogP contribution in [0.4, 0.5) is 4.39 Å². The van der Waals surface area contributed by atoms with E-state index in [0.29, 0.717) is 5.56 Å². The molecule has 1 saturated carbocycles. The molecule has 1 fully saturated rings. The van der Waals surface area contributed by atoms with Crippen molar-refractivity contribution >= 4 is 5.91 Å². The quantitative estimate of drug-likeness (QED) is 0.912. The molecule has 3 rings (SSSR count). The van der Waals surface area contributed by atoms with E-state index < -0.39 is 5.82 Å². The maximum absolute atomic E-state index is 14.3. The van der Waals surface area contributed by atoms with Gasteiger partial charge in [-0.15, -0.1) is 0 Å². The van der Waals surface area contributed by atoms with Crippen LogP contribution in [-0.2, 0) is 0 Å². The van der Waals surface area contributed by atoms with E-state index in [9.17, 15) is 9.18 Å².